The molecule has 1 radical (unpaired) electrons. The van der Waals surface area contributed by atoms with Crippen molar-refractivity contribution in [2.24, 2.45) is 0 Å². The van der Waals surface area contributed by atoms with E-state index in [1.54, 1.807) is 0 Å². The largest absolute Gasteiger partial charge is 0.248 e. The molecule has 4 aromatic carbocycles. The molecule has 0 atom stereocenters. The molecule has 0 amide bonds. The maximum Gasteiger partial charge on any atom is 0.0722 e. The van der Waals surface area contributed by atoms with Crippen LogP contribution in [0.4, 0.5) is 11.4 Å². The summed E-state index contributed by atoms with van der Waals surface area (Å²) in [4.78, 5) is 0. The maximum atomic E-state index is 5.04. The van der Waals surface area contributed by atoms with Crippen molar-refractivity contribution in [3.8, 4) is 33.4 Å². The molecule has 0 bridgehead atoms. The molecule has 1 nitrogen and oxygen atoms in total. The number of hydrogen-bond acceptors (Lipinski definition) is 0. The number of benzene rings is 4. The Bertz CT molecular complexity index is 1210. The summed E-state index contributed by atoms with van der Waals surface area (Å²) in [7, 11) is 0. The minimum atomic E-state index is 1.07. The highest BCUT2D eigenvalue weighted by atomic mass is 14.9. The van der Waals surface area contributed by atoms with E-state index in [9.17, 15) is 0 Å². The van der Waals surface area contributed by atoms with Crippen molar-refractivity contribution in [2.75, 3.05) is 0 Å². The number of hydrogen-bond donors (Lipinski definition) is 0. The molecule has 0 saturated carbocycles. The van der Waals surface area contributed by atoms with E-state index in [1.807, 2.05) is 0 Å². The first-order chi connectivity index (χ1) is 14.8. The van der Waals surface area contributed by atoms with Gasteiger partial charge in [0.1, 0.15) is 0 Å². The summed E-state index contributed by atoms with van der Waals surface area (Å²) in [6.07, 6.45) is 0. The van der Waals surface area contributed by atoms with E-state index in [1.165, 1.54) is 66.8 Å². The average Bonchev–Trinajstić information content (AvgIpc) is 3.03. The molecule has 4 aromatic rings. The Kier molecular flexibility index (Phi) is 4.51. The van der Waals surface area contributed by atoms with Gasteiger partial charge in [0.05, 0.1) is 11.4 Å². The van der Waals surface area contributed by atoms with Crippen molar-refractivity contribution < 1.29 is 0 Å². The summed E-state index contributed by atoms with van der Waals surface area (Å²) in [6, 6.07) is 22.5. The van der Waals surface area contributed by atoms with Gasteiger partial charge in [0.2, 0.25) is 0 Å². The molecule has 5 rings (SSSR count). The average molecular weight is 403 g/mol. The third-order valence-electron chi connectivity index (χ3n) is 6.46. The number of aryl methyl sites for hydroxylation is 6. The molecule has 0 unspecified atom stereocenters. The van der Waals surface area contributed by atoms with Gasteiger partial charge in [-0.05, 0) is 98.2 Å². The summed E-state index contributed by atoms with van der Waals surface area (Å²) in [6.45, 7) is 13.1. The summed E-state index contributed by atoms with van der Waals surface area (Å²) in [5.41, 5.74) is 17.6. The summed E-state index contributed by atoms with van der Waals surface area (Å²) in [5.74, 6) is 0. The van der Waals surface area contributed by atoms with Crippen LogP contribution >= 0.6 is 0 Å². The van der Waals surface area contributed by atoms with Crippen LogP contribution in [0.15, 0.2) is 60.7 Å². The van der Waals surface area contributed by atoms with Gasteiger partial charge < -0.3 is 0 Å². The van der Waals surface area contributed by atoms with Crippen LogP contribution in [0, 0.1) is 41.5 Å². The molecule has 0 aromatic heterocycles. The van der Waals surface area contributed by atoms with Crippen LogP contribution in [0.3, 0.4) is 0 Å². The van der Waals surface area contributed by atoms with Gasteiger partial charge in [-0.1, -0.05) is 59.7 Å². The standard InChI is InChI=1S/C30H28N/c1-17-11-19(3)29(20(4)12-17)23-7-9-25-26-10-8-24(16-28(26)31-27(25)15-23)30-21(5)13-18(2)14-22(30)6/h7-16H,1-6H3. The number of rotatable bonds is 2. The lowest BCUT2D eigenvalue weighted by Crippen LogP contribution is -1.91. The fraction of sp³-hybridized carbons (Fsp3) is 0.200. The van der Waals surface area contributed by atoms with Gasteiger partial charge in [0.25, 0.3) is 0 Å². The molecule has 1 heteroatoms. The Morgan fingerprint density at radius 2 is 0.806 bits per heavy atom. The second-order valence-corrected chi connectivity index (χ2v) is 9.12. The third kappa shape index (κ3) is 3.25. The van der Waals surface area contributed by atoms with Crippen LogP contribution < -0.4 is 5.32 Å². The predicted molar refractivity (Wildman–Crippen MR) is 133 cm³/mol. The van der Waals surface area contributed by atoms with Gasteiger partial charge in [-0.2, -0.15) is 0 Å². The predicted octanol–water partition coefficient (Wildman–Crippen LogP) is 8.42. The molecule has 1 aliphatic rings. The van der Waals surface area contributed by atoms with Gasteiger partial charge >= 0.3 is 0 Å². The molecule has 31 heavy (non-hydrogen) atoms. The fourth-order valence-corrected chi connectivity index (χ4v) is 5.42. The van der Waals surface area contributed by atoms with Crippen LogP contribution in [-0.4, -0.2) is 0 Å². The van der Waals surface area contributed by atoms with Crippen LogP contribution in [0.1, 0.15) is 33.4 Å². The van der Waals surface area contributed by atoms with Crippen molar-refractivity contribution in [3.05, 3.63) is 94.0 Å². The first-order valence-electron chi connectivity index (χ1n) is 11.0. The molecule has 0 aliphatic carbocycles. The number of fused-ring (bicyclic) bond motifs is 3. The Labute approximate surface area is 185 Å². The Morgan fingerprint density at radius 1 is 0.452 bits per heavy atom. The van der Waals surface area contributed by atoms with Crippen LogP contribution in [0.2, 0.25) is 0 Å². The topological polar surface area (TPSA) is 14.1 Å². The quantitative estimate of drug-likeness (QED) is 0.281. The summed E-state index contributed by atoms with van der Waals surface area (Å²) < 4.78 is 0. The smallest absolute Gasteiger partial charge is 0.0722 e. The zero-order valence-corrected chi connectivity index (χ0v) is 19.2. The monoisotopic (exact) mass is 402 g/mol. The van der Waals surface area contributed by atoms with Crippen LogP contribution in [0.5, 0.6) is 0 Å². The van der Waals surface area contributed by atoms with Crippen molar-refractivity contribution in [1.29, 1.82) is 0 Å². The van der Waals surface area contributed by atoms with E-state index in [0.29, 0.717) is 0 Å². The van der Waals surface area contributed by atoms with Crippen LogP contribution in [-0.2, 0) is 0 Å². The molecular formula is C30H28N. The van der Waals surface area contributed by atoms with Crippen molar-refractivity contribution >= 4 is 11.4 Å². The van der Waals surface area contributed by atoms with E-state index in [2.05, 4.69) is 102 Å². The van der Waals surface area contributed by atoms with Gasteiger partial charge in [-0.3, -0.25) is 0 Å². The highest BCUT2D eigenvalue weighted by molar-refractivity contribution is 5.95. The summed E-state index contributed by atoms with van der Waals surface area (Å²) >= 11 is 0. The molecule has 153 valence electrons. The molecule has 1 heterocycles. The first kappa shape index (κ1) is 19.6. The van der Waals surface area contributed by atoms with Crippen molar-refractivity contribution in [2.45, 2.75) is 41.5 Å². The van der Waals surface area contributed by atoms with Gasteiger partial charge in [0.15, 0.2) is 0 Å². The first-order valence-corrected chi connectivity index (χ1v) is 11.0. The van der Waals surface area contributed by atoms with Crippen molar-refractivity contribution in [3.63, 3.8) is 0 Å². The minimum absolute atomic E-state index is 1.07. The Hall–Kier alpha value is -3.32. The third-order valence-corrected chi connectivity index (χ3v) is 6.46. The second kappa shape index (κ2) is 7.13. The van der Waals surface area contributed by atoms with E-state index >= 15 is 0 Å². The van der Waals surface area contributed by atoms with E-state index in [-0.39, 0.29) is 0 Å². The van der Waals surface area contributed by atoms with E-state index < -0.39 is 0 Å². The normalized spacial score (nSPS) is 11.8. The van der Waals surface area contributed by atoms with Crippen molar-refractivity contribution in [1.82, 2.24) is 5.32 Å². The molecule has 0 spiro atoms. The fourth-order valence-electron chi connectivity index (χ4n) is 5.42. The van der Waals surface area contributed by atoms with Crippen LogP contribution in [0.25, 0.3) is 33.4 Å². The highest BCUT2D eigenvalue weighted by Crippen LogP contribution is 2.46. The Morgan fingerprint density at radius 3 is 1.16 bits per heavy atom. The number of nitrogens with zero attached hydrogens (tertiary/aromatic N) is 1. The van der Waals surface area contributed by atoms with E-state index in [4.69, 9.17) is 5.32 Å². The SMILES string of the molecule is Cc1cc(C)c(-c2ccc3c(c2)[N]c2cc(-c4c(C)cc(C)cc4C)ccc2-3)c(C)c1. The summed E-state index contributed by atoms with van der Waals surface area (Å²) in [5, 5.41) is 5.04. The molecule has 0 fully saturated rings. The molecule has 1 aliphatic heterocycles. The lowest BCUT2D eigenvalue weighted by molar-refractivity contribution is 1.23. The lowest BCUT2D eigenvalue weighted by Gasteiger charge is -2.13. The zero-order chi connectivity index (χ0) is 21.9. The molecule has 0 saturated heterocycles. The minimum Gasteiger partial charge on any atom is -0.248 e. The highest BCUT2D eigenvalue weighted by Gasteiger charge is 2.22. The van der Waals surface area contributed by atoms with Gasteiger partial charge in [-0.15, -0.1) is 0 Å². The second-order valence-electron chi connectivity index (χ2n) is 9.12. The Balaban J connectivity index is 1.57. The van der Waals surface area contributed by atoms with Gasteiger partial charge in [-0.25, -0.2) is 5.32 Å². The molecular weight excluding hydrogens is 374 g/mol. The van der Waals surface area contributed by atoms with Gasteiger partial charge in [0, 0.05) is 11.1 Å². The maximum absolute atomic E-state index is 5.04. The molecule has 0 N–H and O–H groups in total. The lowest BCUT2D eigenvalue weighted by atomic mass is 9.91. The van der Waals surface area contributed by atoms with E-state index in [0.717, 1.165) is 11.4 Å². The zero-order valence-electron chi connectivity index (χ0n) is 19.2.